The van der Waals surface area contributed by atoms with Crippen molar-refractivity contribution in [2.24, 2.45) is 0 Å². The van der Waals surface area contributed by atoms with Crippen LogP contribution in [0.15, 0.2) is 12.1 Å². The van der Waals surface area contributed by atoms with E-state index in [-0.39, 0.29) is 5.41 Å². The third-order valence-corrected chi connectivity index (χ3v) is 2.45. The summed E-state index contributed by atoms with van der Waals surface area (Å²) in [6.07, 6.45) is 0. The summed E-state index contributed by atoms with van der Waals surface area (Å²) in [5.74, 6) is 0.739. The number of rotatable bonds is 2. The van der Waals surface area contributed by atoms with Gasteiger partial charge in [-0.15, -0.1) is 0 Å². The molecule has 0 saturated carbocycles. The molecule has 0 atom stereocenters. The number of benzene rings is 1. The van der Waals surface area contributed by atoms with Crippen molar-refractivity contribution < 1.29 is 4.74 Å². The molecule has 0 radical (unpaired) electrons. The van der Waals surface area contributed by atoms with E-state index in [0.29, 0.717) is 12.2 Å². The van der Waals surface area contributed by atoms with E-state index >= 15 is 0 Å². The fourth-order valence-corrected chi connectivity index (χ4v) is 1.71. The fraction of sp³-hybridized carbons (Fsp3) is 0.500. The SMILES string of the molecule is CCOc1c(C#N)cc(C)cc1C(C)(C)C. The van der Waals surface area contributed by atoms with Gasteiger partial charge in [-0.25, -0.2) is 0 Å². The van der Waals surface area contributed by atoms with Crippen LogP contribution in [0.4, 0.5) is 0 Å². The van der Waals surface area contributed by atoms with Gasteiger partial charge in [-0.3, -0.25) is 0 Å². The van der Waals surface area contributed by atoms with E-state index in [1.54, 1.807) is 0 Å². The Morgan fingerprint density at radius 2 is 1.94 bits per heavy atom. The van der Waals surface area contributed by atoms with Crippen molar-refractivity contribution in [2.75, 3.05) is 6.61 Å². The maximum atomic E-state index is 9.13. The van der Waals surface area contributed by atoms with Gasteiger partial charge in [0.05, 0.1) is 12.2 Å². The van der Waals surface area contributed by atoms with Crippen molar-refractivity contribution in [3.05, 3.63) is 28.8 Å². The van der Waals surface area contributed by atoms with E-state index < -0.39 is 0 Å². The molecule has 86 valence electrons. The molecule has 0 N–H and O–H groups in total. The Morgan fingerprint density at radius 1 is 1.31 bits per heavy atom. The first-order valence-electron chi connectivity index (χ1n) is 5.58. The number of hydrogen-bond acceptors (Lipinski definition) is 2. The van der Waals surface area contributed by atoms with Crippen molar-refractivity contribution in [1.29, 1.82) is 5.26 Å². The van der Waals surface area contributed by atoms with Crippen LogP contribution in [0.25, 0.3) is 0 Å². The molecule has 2 heteroatoms. The van der Waals surface area contributed by atoms with Gasteiger partial charge < -0.3 is 4.74 Å². The Bertz CT molecular complexity index is 422. The minimum Gasteiger partial charge on any atom is -0.492 e. The van der Waals surface area contributed by atoms with Gasteiger partial charge in [0.15, 0.2) is 0 Å². The molecule has 0 aliphatic heterocycles. The van der Waals surface area contributed by atoms with E-state index in [4.69, 9.17) is 10.00 Å². The first-order valence-corrected chi connectivity index (χ1v) is 5.58. The fourth-order valence-electron chi connectivity index (χ4n) is 1.71. The zero-order valence-electron chi connectivity index (χ0n) is 10.7. The van der Waals surface area contributed by atoms with Crippen LogP contribution >= 0.6 is 0 Å². The Kier molecular flexibility index (Phi) is 3.59. The largest absolute Gasteiger partial charge is 0.492 e. The highest BCUT2D eigenvalue weighted by Gasteiger charge is 2.21. The average molecular weight is 217 g/mol. The Morgan fingerprint density at radius 3 is 2.38 bits per heavy atom. The van der Waals surface area contributed by atoms with Crippen LogP contribution in [0.1, 0.15) is 44.4 Å². The summed E-state index contributed by atoms with van der Waals surface area (Å²) < 4.78 is 5.62. The Balaban J connectivity index is 3.46. The van der Waals surface area contributed by atoms with Gasteiger partial charge >= 0.3 is 0 Å². The van der Waals surface area contributed by atoms with Gasteiger partial charge in [0, 0.05) is 5.56 Å². The van der Waals surface area contributed by atoms with Crippen molar-refractivity contribution in [2.45, 2.75) is 40.0 Å². The van der Waals surface area contributed by atoms with Crippen molar-refractivity contribution in [1.82, 2.24) is 0 Å². The van der Waals surface area contributed by atoms with E-state index in [2.05, 4.69) is 32.9 Å². The highest BCUT2D eigenvalue weighted by molar-refractivity contribution is 5.53. The molecule has 0 unspecified atom stereocenters. The van der Waals surface area contributed by atoms with E-state index in [1.165, 1.54) is 0 Å². The molecule has 16 heavy (non-hydrogen) atoms. The summed E-state index contributed by atoms with van der Waals surface area (Å²) >= 11 is 0. The molecule has 0 aliphatic carbocycles. The van der Waals surface area contributed by atoms with Gasteiger partial charge in [-0.2, -0.15) is 5.26 Å². The summed E-state index contributed by atoms with van der Waals surface area (Å²) in [4.78, 5) is 0. The lowest BCUT2D eigenvalue weighted by Crippen LogP contribution is -2.14. The molecule has 0 saturated heterocycles. The predicted molar refractivity (Wildman–Crippen MR) is 65.8 cm³/mol. The quantitative estimate of drug-likeness (QED) is 0.758. The molecule has 0 aliphatic rings. The molecule has 1 aromatic carbocycles. The zero-order chi connectivity index (χ0) is 12.3. The summed E-state index contributed by atoms with van der Waals surface area (Å²) in [7, 11) is 0. The average Bonchev–Trinajstić information content (AvgIpc) is 2.18. The summed E-state index contributed by atoms with van der Waals surface area (Å²) in [5, 5.41) is 9.13. The van der Waals surface area contributed by atoms with Crippen LogP contribution in [0.3, 0.4) is 0 Å². The second-order valence-corrected chi connectivity index (χ2v) is 4.98. The number of ether oxygens (including phenoxy) is 1. The van der Waals surface area contributed by atoms with Gasteiger partial charge in [0.25, 0.3) is 0 Å². The minimum absolute atomic E-state index is 0.0118. The number of nitriles is 1. The number of nitrogens with zero attached hydrogens (tertiary/aromatic N) is 1. The molecule has 0 bridgehead atoms. The topological polar surface area (TPSA) is 33.0 Å². The molecule has 0 spiro atoms. The van der Waals surface area contributed by atoms with Crippen LogP contribution in [0.2, 0.25) is 0 Å². The molecule has 0 heterocycles. The van der Waals surface area contributed by atoms with Crippen LogP contribution < -0.4 is 4.74 Å². The van der Waals surface area contributed by atoms with E-state index in [9.17, 15) is 0 Å². The minimum atomic E-state index is -0.0118. The monoisotopic (exact) mass is 217 g/mol. The summed E-state index contributed by atoms with van der Waals surface area (Å²) in [6, 6.07) is 6.19. The second kappa shape index (κ2) is 4.57. The molecule has 0 fully saturated rings. The first-order chi connectivity index (χ1) is 7.40. The molecule has 0 amide bonds. The Hall–Kier alpha value is -1.49. The smallest absolute Gasteiger partial charge is 0.140 e. The van der Waals surface area contributed by atoms with Crippen molar-refractivity contribution in [3.63, 3.8) is 0 Å². The normalized spacial score (nSPS) is 11.0. The summed E-state index contributed by atoms with van der Waals surface area (Å²) in [5.41, 5.74) is 2.82. The molecule has 1 rings (SSSR count). The zero-order valence-corrected chi connectivity index (χ0v) is 10.7. The van der Waals surface area contributed by atoms with Crippen LogP contribution in [0, 0.1) is 18.3 Å². The third kappa shape index (κ3) is 2.55. The van der Waals surface area contributed by atoms with Gasteiger partial charge in [-0.05, 0) is 30.9 Å². The van der Waals surface area contributed by atoms with E-state index in [1.807, 2.05) is 19.9 Å². The van der Waals surface area contributed by atoms with E-state index in [0.717, 1.165) is 16.9 Å². The van der Waals surface area contributed by atoms with Gasteiger partial charge in [0.2, 0.25) is 0 Å². The van der Waals surface area contributed by atoms with Crippen LogP contribution in [-0.2, 0) is 5.41 Å². The molecular formula is C14H19NO. The lowest BCUT2D eigenvalue weighted by Gasteiger charge is -2.24. The van der Waals surface area contributed by atoms with Crippen LogP contribution in [-0.4, -0.2) is 6.61 Å². The molecule has 0 aromatic heterocycles. The molecule has 2 nitrogen and oxygen atoms in total. The first kappa shape index (κ1) is 12.6. The predicted octanol–water partition coefficient (Wildman–Crippen LogP) is 3.56. The third-order valence-electron chi connectivity index (χ3n) is 2.45. The van der Waals surface area contributed by atoms with Crippen LogP contribution in [0.5, 0.6) is 5.75 Å². The highest BCUT2D eigenvalue weighted by Crippen LogP contribution is 2.35. The lowest BCUT2D eigenvalue weighted by molar-refractivity contribution is 0.328. The van der Waals surface area contributed by atoms with Crippen molar-refractivity contribution in [3.8, 4) is 11.8 Å². The number of hydrogen-bond donors (Lipinski definition) is 0. The lowest BCUT2D eigenvalue weighted by atomic mass is 9.84. The highest BCUT2D eigenvalue weighted by atomic mass is 16.5. The second-order valence-electron chi connectivity index (χ2n) is 4.98. The Labute approximate surface area is 97.9 Å². The molecule has 1 aromatic rings. The maximum Gasteiger partial charge on any atom is 0.140 e. The summed E-state index contributed by atoms with van der Waals surface area (Å²) in [6.45, 7) is 10.9. The molecular weight excluding hydrogens is 198 g/mol. The van der Waals surface area contributed by atoms with Crippen molar-refractivity contribution >= 4 is 0 Å². The maximum absolute atomic E-state index is 9.13. The standard InChI is InChI=1S/C14H19NO/c1-6-16-13-11(9-15)7-10(2)8-12(13)14(3,4)5/h7-8H,6H2,1-5H3. The van der Waals surface area contributed by atoms with Gasteiger partial charge in [-0.1, -0.05) is 26.8 Å². The van der Waals surface area contributed by atoms with Gasteiger partial charge in [0.1, 0.15) is 11.8 Å². The number of aryl methyl sites for hydroxylation is 1.